The van der Waals surface area contributed by atoms with Gasteiger partial charge in [-0.05, 0) is 44.0 Å². The summed E-state index contributed by atoms with van der Waals surface area (Å²) in [7, 11) is 1.39. The van der Waals surface area contributed by atoms with E-state index in [4.69, 9.17) is 4.74 Å². The molecule has 29 heavy (non-hydrogen) atoms. The zero-order chi connectivity index (χ0) is 20.4. The lowest BCUT2D eigenvalue weighted by Gasteiger charge is -2.32. The van der Waals surface area contributed by atoms with Gasteiger partial charge in [0.15, 0.2) is 5.96 Å². The minimum absolute atomic E-state index is 0. The van der Waals surface area contributed by atoms with E-state index >= 15 is 0 Å². The third-order valence-corrected chi connectivity index (χ3v) is 4.41. The lowest BCUT2D eigenvalue weighted by Crippen LogP contribution is -2.50. The Labute approximate surface area is 188 Å². The highest BCUT2D eigenvalue weighted by molar-refractivity contribution is 14.0. The highest BCUT2D eigenvalue weighted by atomic mass is 127. The number of guanidine groups is 1. The van der Waals surface area contributed by atoms with Crippen molar-refractivity contribution in [1.82, 2.24) is 20.9 Å². The number of hydrogen-bond donors (Lipinski definition) is 4. The predicted molar refractivity (Wildman–Crippen MR) is 122 cm³/mol. The van der Waals surface area contributed by atoms with Crippen LogP contribution in [0.1, 0.15) is 30.1 Å². The van der Waals surface area contributed by atoms with E-state index in [0.29, 0.717) is 37.7 Å². The summed E-state index contributed by atoms with van der Waals surface area (Å²) in [5.74, 6) is 0.612. The molecule has 1 aliphatic heterocycles. The quantitative estimate of drug-likeness (QED) is 0.196. The van der Waals surface area contributed by atoms with Crippen molar-refractivity contribution < 1.29 is 19.4 Å². The van der Waals surface area contributed by atoms with Crippen LogP contribution in [-0.4, -0.2) is 73.8 Å². The number of nitrogens with zero attached hydrogens (tertiary/aromatic N) is 2. The molecule has 1 aromatic carbocycles. The van der Waals surface area contributed by atoms with Crippen LogP contribution in [0.4, 0.5) is 4.79 Å². The first-order valence-electron chi connectivity index (χ1n) is 9.48. The Morgan fingerprint density at radius 2 is 1.86 bits per heavy atom. The van der Waals surface area contributed by atoms with Gasteiger partial charge in [-0.2, -0.15) is 0 Å². The van der Waals surface area contributed by atoms with E-state index in [1.807, 2.05) is 6.92 Å². The number of carbonyl (C=O) groups excluding carboxylic acids is 2. The van der Waals surface area contributed by atoms with Crippen LogP contribution in [0.5, 0.6) is 5.75 Å². The molecule has 1 saturated heterocycles. The van der Waals surface area contributed by atoms with E-state index in [0.717, 1.165) is 19.4 Å². The maximum absolute atomic E-state index is 12.0. The molecule has 10 heteroatoms. The normalized spacial score (nSPS) is 14.6. The largest absolute Gasteiger partial charge is 0.508 e. The molecule has 1 aromatic rings. The maximum Gasteiger partial charge on any atom is 0.409 e. The number of hydrogen-bond acceptors (Lipinski definition) is 5. The third kappa shape index (κ3) is 8.34. The number of carbonyl (C=O) groups is 2. The molecule has 2 rings (SSSR count). The number of phenolic OH excluding ortho intramolecular Hbond substituents is 1. The van der Waals surface area contributed by atoms with Gasteiger partial charge in [0, 0.05) is 37.8 Å². The second-order valence-corrected chi connectivity index (χ2v) is 6.44. The molecular weight excluding hydrogens is 489 g/mol. The first kappa shape index (κ1) is 24.8. The number of aromatic hydroxyl groups is 1. The van der Waals surface area contributed by atoms with E-state index < -0.39 is 0 Å². The fraction of sp³-hybridized carbons (Fsp3) is 0.526. The van der Waals surface area contributed by atoms with Crippen molar-refractivity contribution in [3.63, 3.8) is 0 Å². The van der Waals surface area contributed by atoms with Gasteiger partial charge in [-0.15, -0.1) is 24.0 Å². The summed E-state index contributed by atoms with van der Waals surface area (Å²) < 4.78 is 4.75. The minimum Gasteiger partial charge on any atom is -0.508 e. The van der Waals surface area contributed by atoms with Gasteiger partial charge in [0.25, 0.3) is 5.91 Å². The smallest absolute Gasteiger partial charge is 0.409 e. The third-order valence-electron chi connectivity index (χ3n) is 4.41. The van der Waals surface area contributed by atoms with E-state index in [2.05, 4.69) is 20.9 Å². The fourth-order valence-corrected chi connectivity index (χ4v) is 2.90. The molecule has 0 radical (unpaired) electrons. The van der Waals surface area contributed by atoms with E-state index in [-0.39, 0.29) is 47.8 Å². The first-order chi connectivity index (χ1) is 13.5. The van der Waals surface area contributed by atoms with Crippen LogP contribution < -0.4 is 16.0 Å². The van der Waals surface area contributed by atoms with Crippen LogP contribution >= 0.6 is 24.0 Å². The van der Waals surface area contributed by atoms with Gasteiger partial charge in [-0.1, -0.05) is 0 Å². The van der Waals surface area contributed by atoms with Crippen molar-refractivity contribution in [2.24, 2.45) is 4.99 Å². The summed E-state index contributed by atoms with van der Waals surface area (Å²) in [6.07, 6.45) is 1.34. The average Bonchev–Trinajstić information content (AvgIpc) is 2.71. The van der Waals surface area contributed by atoms with Crippen molar-refractivity contribution in [2.75, 3.05) is 39.8 Å². The summed E-state index contributed by atoms with van der Waals surface area (Å²) >= 11 is 0. The minimum atomic E-state index is -0.289. The van der Waals surface area contributed by atoms with E-state index in [1.54, 1.807) is 17.0 Å². The van der Waals surface area contributed by atoms with Crippen molar-refractivity contribution >= 4 is 41.9 Å². The Bertz CT molecular complexity index is 676. The Morgan fingerprint density at radius 3 is 2.45 bits per heavy atom. The molecule has 2 amide bonds. The van der Waals surface area contributed by atoms with Crippen LogP contribution in [0.15, 0.2) is 29.3 Å². The van der Waals surface area contributed by atoms with Crippen molar-refractivity contribution in [3.05, 3.63) is 29.8 Å². The lowest BCUT2D eigenvalue weighted by molar-refractivity contribution is 0.0954. The lowest BCUT2D eigenvalue weighted by atomic mass is 10.1. The Kier molecular flexibility index (Phi) is 11.2. The molecule has 1 heterocycles. The number of nitrogens with one attached hydrogen (secondary N) is 3. The second-order valence-electron chi connectivity index (χ2n) is 6.44. The topological polar surface area (TPSA) is 115 Å². The zero-order valence-corrected chi connectivity index (χ0v) is 19.1. The number of likely N-dealkylation sites (tertiary alicyclic amines) is 1. The molecule has 0 saturated carbocycles. The van der Waals surface area contributed by atoms with Crippen molar-refractivity contribution in [2.45, 2.75) is 25.8 Å². The summed E-state index contributed by atoms with van der Waals surface area (Å²) in [5.41, 5.74) is 0.490. The molecule has 0 bridgehead atoms. The average molecular weight is 519 g/mol. The Morgan fingerprint density at radius 1 is 1.21 bits per heavy atom. The van der Waals surface area contributed by atoms with Gasteiger partial charge in [0.2, 0.25) is 0 Å². The molecule has 1 fully saturated rings. The zero-order valence-electron chi connectivity index (χ0n) is 16.8. The van der Waals surface area contributed by atoms with Crippen molar-refractivity contribution in [3.8, 4) is 5.75 Å². The number of rotatable bonds is 6. The molecule has 4 N–H and O–H groups in total. The number of amides is 2. The number of benzene rings is 1. The monoisotopic (exact) mass is 519 g/mol. The number of methoxy groups -OCH3 is 1. The summed E-state index contributed by atoms with van der Waals surface area (Å²) in [6.45, 7) is 4.84. The van der Waals surface area contributed by atoms with Crippen molar-refractivity contribution in [1.29, 1.82) is 0 Å². The summed E-state index contributed by atoms with van der Waals surface area (Å²) in [6, 6.07) is 6.32. The van der Waals surface area contributed by atoms with Gasteiger partial charge in [-0.25, -0.2) is 4.79 Å². The molecular formula is C19H30IN5O4. The fourth-order valence-electron chi connectivity index (χ4n) is 2.90. The van der Waals surface area contributed by atoms with Crippen LogP contribution in [0, 0.1) is 0 Å². The molecule has 0 aliphatic carbocycles. The standard InChI is InChI=1S/C19H29N5O4.HI/c1-3-20-18(23-15-8-12-24(13-9-15)19(27)28-2)22-11-10-21-17(26)14-4-6-16(25)7-5-14;/h4-7,15,25H,3,8-13H2,1-2H3,(H,21,26)(H2,20,22,23);1H. The summed E-state index contributed by atoms with van der Waals surface area (Å²) in [5, 5.41) is 18.6. The SMILES string of the molecule is CCNC(=NCCNC(=O)c1ccc(O)cc1)NC1CCN(C(=O)OC)CC1.I. The Balaban J connectivity index is 0.00000420. The van der Waals surface area contributed by atoms with Gasteiger partial charge in [0.05, 0.1) is 13.7 Å². The number of halogens is 1. The molecule has 9 nitrogen and oxygen atoms in total. The number of piperidine rings is 1. The van der Waals surface area contributed by atoms with E-state index in [9.17, 15) is 14.7 Å². The number of phenols is 1. The first-order valence-corrected chi connectivity index (χ1v) is 9.48. The van der Waals surface area contributed by atoms with Crippen LogP contribution in [0.2, 0.25) is 0 Å². The molecule has 0 aromatic heterocycles. The van der Waals surface area contributed by atoms with Crippen LogP contribution in [0.3, 0.4) is 0 Å². The number of ether oxygens (including phenoxy) is 1. The van der Waals surface area contributed by atoms with Gasteiger partial charge >= 0.3 is 6.09 Å². The summed E-state index contributed by atoms with van der Waals surface area (Å²) in [4.78, 5) is 29.8. The predicted octanol–water partition coefficient (Wildman–Crippen LogP) is 1.53. The second kappa shape index (κ2) is 13.1. The molecule has 0 unspecified atom stereocenters. The van der Waals surface area contributed by atoms with Gasteiger partial charge in [0.1, 0.15) is 5.75 Å². The maximum atomic E-state index is 12.0. The highest BCUT2D eigenvalue weighted by Gasteiger charge is 2.23. The van der Waals surface area contributed by atoms with Gasteiger partial charge in [-0.3, -0.25) is 9.79 Å². The van der Waals surface area contributed by atoms with Crippen LogP contribution in [0.25, 0.3) is 0 Å². The molecule has 0 spiro atoms. The molecule has 0 atom stereocenters. The number of aliphatic imine (C=N–C) groups is 1. The molecule has 162 valence electrons. The van der Waals surface area contributed by atoms with Gasteiger partial charge < -0.3 is 30.7 Å². The molecule has 1 aliphatic rings. The van der Waals surface area contributed by atoms with Crippen LogP contribution in [-0.2, 0) is 4.74 Å². The Hall–Kier alpha value is -2.24. The van der Waals surface area contributed by atoms with E-state index in [1.165, 1.54) is 19.2 Å². The highest BCUT2D eigenvalue weighted by Crippen LogP contribution is 2.11.